The third kappa shape index (κ3) is 5.12. The van der Waals surface area contributed by atoms with Crippen molar-refractivity contribution >= 4 is 17.7 Å². The fourth-order valence-electron chi connectivity index (χ4n) is 0.913. The monoisotopic (exact) mass is 235 g/mol. The molecule has 0 spiro atoms. The van der Waals surface area contributed by atoms with E-state index in [1.807, 2.05) is 0 Å². The van der Waals surface area contributed by atoms with Crippen LogP contribution in [0.4, 0.5) is 0 Å². The first-order valence-corrected chi connectivity index (χ1v) is 4.50. The van der Waals surface area contributed by atoms with E-state index in [9.17, 15) is 14.4 Å². The number of nitrogens with two attached hydrogens (primary N) is 3. The van der Waals surface area contributed by atoms with Gasteiger partial charge in [0.1, 0.15) is 0 Å². The van der Waals surface area contributed by atoms with Gasteiger partial charge in [-0.2, -0.15) is 0 Å². The molecule has 0 radical (unpaired) electrons. The number of primary amides is 3. The zero-order chi connectivity index (χ0) is 13.4. The zero-order valence-electron chi connectivity index (χ0n) is 9.05. The van der Waals surface area contributed by atoms with E-state index in [-0.39, 0.29) is 11.1 Å². The van der Waals surface area contributed by atoms with Crippen LogP contribution in [0.5, 0.6) is 0 Å². The number of rotatable bonds is 3. The Morgan fingerprint density at radius 2 is 1.24 bits per heavy atom. The minimum Gasteiger partial charge on any atom is -0.366 e. The Kier molecular flexibility index (Phi) is 5.73. The SMILES string of the molecule is C=CC(N)=O.NC(=O)c1ccccc1C(N)=O. The standard InChI is InChI=1S/C8H8N2O2.C3H5NO/c9-7(11)5-3-1-2-4-6(5)8(10)12;1-2-3(4)5/h1-4H,(H2,9,11)(H2,10,12);2H,1H2,(H2,4,5). The Balaban J connectivity index is 0.000000437. The Morgan fingerprint density at radius 3 is 1.41 bits per heavy atom. The van der Waals surface area contributed by atoms with E-state index in [2.05, 4.69) is 12.3 Å². The fraction of sp³-hybridized carbons (Fsp3) is 0. The summed E-state index contributed by atoms with van der Waals surface area (Å²) in [6, 6.07) is 6.16. The number of hydrogen-bond acceptors (Lipinski definition) is 3. The van der Waals surface area contributed by atoms with Gasteiger partial charge in [0.15, 0.2) is 0 Å². The van der Waals surface area contributed by atoms with Crippen LogP contribution in [-0.2, 0) is 4.79 Å². The van der Waals surface area contributed by atoms with Crippen molar-refractivity contribution in [3.63, 3.8) is 0 Å². The van der Waals surface area contributed by atoms with E-state index in [4.69, 9.17) is 11.5 Å². The Hall–Kier alpha value is -2.63. The van der Waals surface area contributed by atoms with Gasteiger partial charge in [-0.15, -0.1) is 0 Å². The minimum atomic E-state index is -0.649. The van der Waals surface area contributed by atoms with Crippen molar-refractivity contribution in [1.82, 2.24) is 0 Å². The van der Waals surface area contributed by atoms with Crippen LogP contribution >= 0.6 is 0 Å². The van der Waals surface area contributed by atoms with Gasteiger partial charge in [-0.25, -0.2) is 0 Å². The summed E-state index contributed by atoms with van der Waals surface area (Å²) in [5.74, 6) is -1.78. The maximum atomic E-state index is 10.7. The Morgan fingerprint density at radius 1 is 0.941 bits per heavy atom. The summed E-state index contributed by atoms with van der Waals surface area (Å²) in [6.07, 6.45) is 1.06. The smallest absolute Gasteiger partial charge is 0.249 e. The number of carbonyl (C=O) groups excluding carboxylic acids is 3. The Bertz CT molecular complexity index is 422. The van der Waals surface area contributed by atoms with E-state index in [0.29, 0.717) is 0 Å². The van der Waals surface area contributed by atoms with Crippen LogP contribution in [0.2, 0.25) is 0 Å². The van der Waals surface area contributed by atoms with Gasteiger partial charge in [0.25, 0.3) is 0 Å². The van der Waals surface area contributed by atoms with E-state index < -0.39 is 17.7 Å². The van der Waals surface area contributed by atoms with Crippen molar-refractivity contribution in [1.29, 1.82) is 0 Å². The van der Waals surface area contributed by atoms with Crippen LogP contribution < -0.4 is 17.2 Å². The summed E-state index contributed by atoms with van der Waals surface area (Å²) in [4.78, 5) is 31.0. The highest BCUT2D eigenvalue weighted by atomic mass is 16.2. The number of amides is 3. The molecule has 1 aromatic carbocycles. The molecule has 0 unspecified atom stereocenters. The van der Waals surface area contributed by atoms with Gasteiger partial charge in [-0.05, 0) is 18.2 Å². The molecule has 0 saturated heterocycles. The third-order valence-electron chi connectivity index (χ3n) is 1.66. The normalized spacial score (nSPS) is 8.47. The molecule has 0 aliphatic rings. The molecule has 90 valence electrons. The van der Waals surface area contributed by atoms with Gasteiger partial charge in [-0.3, -0.25) is 14.4 Å². The van der Waals surface area contributed by atoms with E-state index in [1.54, 1.807) is 12.1 Å². The largest absolute Gasteiger partial charge is 0.366 e. The number of carbonyl (C=O) groups is 3. The molecule has 1 rings (SSSR count). The van der Waals surface area contributed by atoms with Gasteiger partial charge in [-0.1, -0.05) is 18.7 Å². The first-order valence-electron chi connectivity index (χ1n) is 4.50. The first-order chi connectivity index (χ1) is 7.90. The minimum absolute atomic E-state index is 0.157. The summed E-state index contributed by atoms with van der Waals surface area (Å²) in [7, 11) is 0. The summed E-state index contributed by atoms with van der Waals surface area (Å²) in [5, 5.41) is 0. The van der Waals surface area contributed by atoms with Crippen LogP contribution in [0.1, 0.15) is 20.7 Å². The van der Waals surface area contributed by atoms with Gasteiger partial charge < -0.3 is 17.2 Å². The van der Waals surface area contributed by atoms with Crippen molar-refractivity contribution in [2.75, 3.05) is 0 Å². The predicted octanol–water partition coefficient (Wildman–Crippen LogP) is -0.458. The summed E-state index contributed by atoms with van der Waals surface area (Å²) < 4.78 is 0. The molecule has 1 aromatic rings. The maximum absolute atomic E-state index is 10.7. The molecule has 6 nitrogen and oxygen atoms in total. The molecule has 0 saturated carbocycles. The van der Waals surface area contributed by atoms with Crippen LogP contribution in [0.15, 0.2) is 36.9 Å². The van der Waals surface area contributed by atoms with Crippen LogP contribution in [0.25, 0.3) is 0 Å². The molecule has 3 amide bonds. The summed E-state index contributed by atoms with van der Waals surface area (Å²) >= 11 is 0. The van der Waals surface area contributed by atoms with E-state index >= 15 is 0 Å². The lowest BCUT2D eigenvalue weighted by atomic mass is 10.1. The molecule has 0 bridgehead atoms. The van der Waals surface area contributed by atoms with Crippen molar-refractivity contribution < 1.29 is 14.4 Å². The topological polar surface area (TPSA) is 129 Å². The van der Waals surface area contributed by atoms with Gasteiger partial charge in [0.2, 0.25) is 17.7 Å². The highest BCUT2D eigenvalue weighted by Gasteiger charge is 2.10. The average Bonchev–Trinajstić information content (AvgIpc) is 2.29. The molecular weight excluding hydrogens is 222 g/mol. The molecular formula is C11H13N3O3. The van der Waals surface area contributed by atoms with Crippen molar-refractivity contribution in [3.05, 3.63) is 48.0 Å². The highest BCUT2D eigenvalue weighted by molar-refractivity contribution is 6.06. The molecule has 0 aromatic heterocycles. The van der Waals surface area contributed by atoms with Gasteiger partial charge in [0.05, 0.1) is 11.1 Å². The fourth-order valence-corrected chi connectivity index (χ4v) is 0.913. The van der Waals surface area contributed by atoms with Crippen LogP contribution in [0, 0.1) is 0 Å². The molecule has 0 aliphatic carbocycles. The van der Waals surface area contributed by atoms with Crippen LogP contribution in [0.3, 0.4) is 0 Å². The molecule has 0 aliphatic heterocycles. The zero-order valence-corrected chi connectivity index (χ0v) is 9.05. The van der Waals surface area contributed by atoms with Gasteiger partial charge >= 0.3 is 0 Å². The average molecular weight is 235 g/mol. The molecule has 0 fully saturated rings. The molecule has 17 heavy (non-hydrogen) atoms. The second-order valence-corrected chi connectivity index (χ2v) is 2.88. The van der Waals surface area contributed by atoms with Crippen molar-refractivity contribution in [2.45, 2.75) is 0 Å². The predicted molar refractivity (Wildman–Crippen MR) is 62.9 cm³/mol. The van der Waals surface area contributed by atoms with Crippen LogP contribution in [-0.4, -0.2) is 17.7 Å². The third-order valence-corrected chi connectivity index (χ3v) is 1.66. The van der Waals surface area contributed by atoms with Gasteiger partial charge in [0, 0.05) is 0 Å². The second-order valence-electron chi connectivity index (χ2n) is 2.88. The van der Waals surface area contributed by atoms with Crippen molar-refractivity contribution in [2.24, 2.45) is 17.2 Å². The molecule has 6 heteroatoms. The lowest BCUT2D eigenvalue weighted by Gasteiger charge is -2.00. The number of hydrogen-bond donors (Lipinski definition) is 3. The molecule has 0 heterocycles. The summed E-state index contributed by atoms with van der Waals surface area (Å²) in [6.45, 7) is 3.09. The van der Waals surface area contributed by atoms with Crippen molar-refractivity contribution in [3.8, 4) is 0 Å². The number of benzene rings is 1. The lowest BCUT2D eigenvalue weighted by molar-refractivity contribution is -0.113. The maximum Gasteiger partial charge on any atom is 0.249 e. The molecule has 0 atom stereocenters. The van der Waals surface area contributed by atoms with E-state index in [0.717, 1.165) is 6.08 Å². The Labute approximate surface area is 98.1 Å². The highest BCUT2D eigenvalue weighted by Crippen LogP contribution is 2.06. The van der Waals surface area contributed by atoms with E-state index in [1.165, 1.54) is 12.1 Å². The first kappa shape index (κ1) is 14.4. The lowest BCUT2D eigenvalue weighted by Crippen LogP contribution is -2.20. The second kappa shape index (κ2) is 6.78. The quantitative estimate of drug-likeness (QED) is 0.613. The summed E-state index contributed by atoms with van der Waals surface area (Å²) in [5.41, 5.74) is 14.9. The molecule has 6 N–H and O–H groups in total.